The number of nitrogens with zero attached hydrogens (tertiary/aromatic N) is 4. The van der Waals surface area contributed by atoms with Gasteiger partial charge in [-0.15, -0.1) is 0 Å². The first kappa shape index (κ1) is 23.4. The van der Waals surface area contributed by atoms with E-state index in [-0.39, 0.29) is 16.6 Å². The molecule has 0 unspecified atom stereocenters. The van der Waals surface area contributed by atoms with Gasteiger partial charge in [0.05, 0.1) is 11.4 Å². The second-order valence-corrected chi connectivity index (χ2v) is 10.4. The molecule has 0 amide bonds. The van der Waals surface area contributed by atoms with Crippen molar-refractivity contribution in [2.45, 2.75) is 55.0 Å². The lowest BCUT2D eigenvalue weighted by molar-refractivity contribution is 0.350. The Kier molecular flexibility index (Phi) is 6.13. The molecule has 0 saturated heterocycles. The quantitative estimate of drug-likeness (QED) is 0.417. The third-order valence-corrected chi connectivity index (χ3v) is 5.11. The topological polar surface area (TPSA) is 95.1 Å². The maximum atomic E-state index is 13.6. The van der Waals surface area contributed by atoms with E-state index in [0.717, 1.165) is 28.0 Å². The summed E-state index contributed by atoms with van der Waals surface area (Å²) in [4.78, 5) is 14.1. The van der Waals surface area contributed by atoms with Gasteiger partial charge in [0.25, 0.3) is 0 Å². The van der Waals surface area contributed by atoms with Crippen LogP contribution >= 0.6 is 0 Å². The first-order valence-electron chi connectivity index (χ1n) is 10.7. The molecule has 6 nitrogen and oxygen atoms in total. The third-order valence-electron chi connectivity index (χ3n) is 5.11. The SMILES string of the molecule is C/C(=C(\N=C(N)C(C)(C)C)c1ccc(F)cc1)c1ccc2nc(N)n(CC(C)(C)C)c2n1. The van der Waals surface area contributed by atoms with Gasteiger partial charge in [0, 0.05) is 23.1 Å². The highest BCUT2D eigenvalue weighted by Gasteiger charge is 2.20. The van der Waals surface area contributed by atoms with E-state index in [9.17, 15) is 4.39 Å². The molecule has 2 heterocycles. The highest BCUT2D eigenvalue weighted by Crippen LogP contribution is 2.30. The van der Waals surface area contributed by atoms with Crippen LogP contribution in [0.1, 0.15) is 59.7 Å². The molecule has 32 heavy (non-hydrogen) atoms. The molecular weight excluding hydrogens is 403 g/mol. The minimum Gasteiger partial charge on any atom is -0.387 e. The normalized spacial score (nSPS) is 14.1. The van der Waals surface area contributed by atoms with Gasteiger partial charge in [0.2, 0.25) is 5.95 Å². The lowest BCUT2D eigenvalue weighted by atomic mass is 9.95. The summed E-state index contributed by atoms with van der Waals surface area (Å²) in [6.07, 6.45) is 0. The van der Waals surface area contributed by atoms with Crippen LogP contribution in [0.25, 0.3) is 22.4 Å². The molecule has 7 heteroatoms. The zero-order valence-electron chi connectivity index (χ0n) is 20.0. The van der Waals surface area contributed by atoms with Crippen molar-refractivity contribution in [2.75, 3.05) is 5.73 Å². The molecular formula is C25H33FN6. The average Bonchev–Trinajstić information content (AvgIpc) is 2.98. The Morgan fingerprint density at radius 3 is 2.19 bits per heavy atom. The van der Waals surface area contributed by atoms with Crippen LogP contribution in [0, 0.1) is 16.6 Å². The number of fused-ring (bicyclic) bond motifs is 1. The highest BCUT2D eigenvalue weighted by atomic mass is 19.1. The van der Waals surface area contributed by atoms with E-state index in [1.165, 1.54) is 12.1 Å². The predicted molar refractivity (Wildman–Crippen MR) is 131 cm³/mol. The molecule has 0 atom stereocenters. The molecule has 0 aliphatic heterocycles. The van der Waals surface area contributed by atoms with Crippen molar-refractivity contribution in [3.63, 3.8) is 0 Å². The molecule has 0 saturated carbocycles. The zero-order chi connectivity index (χ0) is 23.8. The summed E-state index contributed by atoms with van der Waals surface area (Å²) in [6.45, 7) is 15.1. The summed E-state index contributed by atoms with van der Waals surface area (Å²) in [5.41, 5.74) is 16.6. The number of imidazole rings is 1. The molecule has 0 bridgehead atoms. The number of anilines is 1. The van der Waals surface area contributed by atoms with Crippen molar-refractivity contribution >= 4 is 34.2 Å². The first-order chi connectivity index (χ1) is 14.8. The van der Waals surface area contributed by atoms with E-state index < -0.39 is 0 Å². The average molecular weight is 437 g/mol. The lowest BCUT2D eigenvalue weighted by Crippen LogP contribution is -2.28. The fraction of sp³-hybridized carbons (Fsp3) is 0.400. The lowest BCUT2D eigenvalue weighted by Gasteiger charge is -2.20. The maximum absolute atomic E-state index is 13.6. The maximum Gasteiger partial charge on any atom is 0.202 e. The Hall–Kier alpha value is -3.22. The predicted octanol–water partition coefficient (Wildman–Crippen LogP) is 5.49. The molecule has 3 aromatic rings. The van der Waals surface area contributed by atoms with Gasteiger partial charge in [-0.05, 0) is 48.7 Å². The Morgan fingerprint density at radius 1 is 1.00 bits per heavy atom. The minimum absolute atomic E-state index is 0.00897. The summed E-state index contributed by atoms with van der Waals surface area (Å²) in [5.74, 6) is 0.619. The molecule has 3 rings (SSSR count). The van der Waals surface area contributed by atoms with Crippen LogP contribution < -0.4 is 11.5 Å². The molecule has 170 valence electrons. The number of rotatable bonds is 4. The Labute approximate surface area is 189 Å². The number of nitrogen functional groups attached to an aromatic ring is 1. The van der Waals surface area contributed by atoms with Gasteiger partial charge in [-0.25, -0.2) is 19.4 Å². The summed E-state index contributed by atoms with van der Waals surface area (Å²) in [5, 5.41) is 0. The van der Waals surface area contributed by atoms with Crippen molar-refractivity contribution < 1.29 is 4.39 Å². The third kappa shape index (κ3) is 5.15. The van der Waals surface area contributed by atoms with Crippen molar-refractivity contribution in [3.05, 3.63) is 53.5 Å². The van der Waals surface area contributed by atoms with Crippen molar-refractivity contribution in [2.24, 2.45) is 21.6 Å². The number of hydrogen-bond donors (Lipinski definition) is 2. The number of hydrogen-bond acceptors (Lipinski definition) is 4. The Balaban J connectivity index is 2.23. The van der Waals surface area contributed by atoms with Crippen molar-refractivity contribution in [3.8, 4) is 0 Å². The number of aromatic nitrogens is 3. The van der Waals surface area contributed by atoms with Crippen LogP contribution in [0.4, 0.5) is 10.3 Å². The number of benzene rings is 1. The summed E-state index contributed by atoms with van der Waals surface area (Å²) >= 11 is 0. The summed E-state index contributed by atoms with van der Waals surface area (Å²) in [6, 6.07) is 10.1. The van der Waals surface area contributed by atoms with Gasteiger partial charge in [-0.3, -0.25) is 4.57 Å². The zero-order valence-corrected chi connectivity index (χ0v) is 20.0. The number of aliphatic imine (C=N–C) groups is 1. The van der Waals surface area contributed by atoms with Crippen LogP contribution in [-0.4, -0.2) is 20.4 Å². The number of allylic oxidation sites excluding steroid dienone is 1. The van der Waals surface area contributed by atoms with Gasteiger partial charge in [0.1, 0.15) is 17.2 Å². The van der Waals surface area contributed by atoms with E-state index >= 15 is 0 Å². The summed E-state index contributed by atoms with van der Waals surface area (Å²) < 4.78 is 15.5. The van der Waals surface area contributed by atoms with E-state index in [1.807, 2.05) is 44.4 Å². The van der Waals surface area contributed by atoms with Crippen molar-refractivity contribution in [1.29, 1.82) is 0 Å². The van der Waals surface area contributed by atoms with Crippen LogP contribution in [-0.2, 0) is 6.54 Å². The number of nitrogens with two attached hydrogens (primary N) is 2. The van der Waals surface area contributed by atoms with E-state index in [0.29, 0.717) is 24.0 Å². The fourth-order valence-electron chi connectivity index (χ4n) is 3.24. The summed E-state index contributed by atoms with van der Waals surface area (Å²) in [7, 11) is 0. The molecule has 0 aliphatic carbocycles. The van der Waals surface area contributed by atoms with Gasteiger partial charge in [-0.2, -0.15) is 0 Å². The van der Waals surface area contributed by atoms with Crippen LogP contribution in [0.2, 0.25) is 0 Å². The van der Waals surface area contributed by atoms with Crippen LogP contribution in [0.5, 0.6) is 0 Å². The molecule has 0 spiro atoms. The second-order valence-electron chi connectivity index (χ2n) is 10.4. The van der Waals surface area contributed by atoms with E-state index in [2.05, 4.69) is 25.8 Å². The highest BCUT2D eigenvalue weighted by molar-refractivity contribution is 5.97. The molecule has 4 N–H and O–H groups in total. The number of amidine groups is 1. The van der Waals surface area contributed by atoms with Gasteiger partial charge >= 0.3 is 0 Å². The molecule has 2 aromatic heterocycles. The van der Waals surface area contributed by atoms with Gasteiger partial charge in [0.15, 0.2) is 5.65 Å². The van der Waals surface area contributed by atoms with E-state index in [4.69, 9.17) is 21.4 Å². The smallest absolute Gasteiger partial charge is 0.202 e. The first-order valence-corrected chi connectivity index (χ1v) is 10.7. The van der Waals surface area contributed by atoms with Crippen LogP contribution in [0.3, 0.4) is 0 Å². The van der Waals surface area contributed by atoms with Crippen LogP contribution in [0.15, 0.2) is 41.4 Å². The molecule has 0 fully saturated rings. The molecule has 0 radical (unpaired) electrons. The largest absolute Gasteiger partial charge is 0.387 e. The standard InChI is InChI=1S/C25H33FN6/c1-15(20(31-22(27)25(5,6)7)16-8-10-17(26)11-9-16)18-12-13-19-21(29-18)32(23(28)30-19)14-24(2,3)4/h8-13H,14H2,1-7H3,(H2,27,31)(H2,28,30)/b20-15+. The Bertz CT molecular complexity index is 1190. The van der Waals surface area contributed by atoms with E-state index in [1.54, 1.807) is 12.1 Å². The number of halogens is 1. The number of pyridine rings is 1. The van der Waals surface area contributed by atoms with Gasteiger partial charge < -0.3 is 11.5 Å². The Morgan fingerprint density at radius 2 is 1.62 bits per heavy atom. The minimum atomic E-state index is -0.317. The monoisotopic (exact) mass is 436 g/mol. The van der Waals surface area contributed by atoms with Crippen molar-refractivity contribution in [1.82, 2.24) is 14.5 Å². The molecule has 0 aliphatic rings. The fourth-order valence-corrected chi connectivity index (χ4v) is 3.24. The second kappa shape index (κ2) is 8.37. The van der Waals surface area contributed by atoms with Gasteiger partial charge in [-0.1, -0.05) is 41.5 Å². The molecule has 1 aromatic carbocycles.